The summed E-state index contributed by atoms with van der Waals surface area (Å²) in [5, 5.41) is 0. The molecule has 0 spiro atoms. The molecule has 1 saturated heterocycles. The van der Waals surface area contributed by atoms with Crippen LogP contribution in [-0.4, -0.2) is 23.8 Å². The third-order valence-electron chi connectivity index (χ3n) is 3.88. The predicted molar refractivity (Wildman–Crippen MR) is 74.5 cm³/mol. The molecule has 0 amide bonds. The minimum Gasteiger partial charge on any atom is -0.299 e. The predicted octanol–water partition coefficient (Wildman–Crippen LogP) is 3.19. The van der Waals surface area contributed by atoms with Gasteiger partial charge in [0, 0.05) is 18.9 Å². The van der Waals surface area contributed by atoms with E-state index in [4.69, 9.17) is 0 Å². The van der Waals surface area contributed by atoms with E-state index in [1.54, 1.807) is 0 Å². The molecular formula is C16H23NO. The van der Waals surface area contributed by atoms with Crippen LogP contribution in [0.25, 0.3) is 0 Å². The van der Waals surface area contributed by atoms with Gasteiger partial charge in [0.1, 0.15) is 5.78 Å². The molecule has 1 aliphatic rings. The molecule has 0 N–H and O–H groups in total. The van der Waals surface area contributed by atoms with Crippen molar-refractivity contribution in [2.45, 2.75) is 39.7 Å². The summed E-state index contributed by atoms with van der Waals surface area (Å²) >= 11 is 0. The van der Waals surface area contributed by atoms with Gasteiger partial charge in [-0.2, -0.15) is 0 Å². The van der Waals surface area contributed by atoms with Gasteiger partial charge in [0.05, 0.1) is 0 Å². The number of rotatable bonds is 4. The van der Waals surface area contributed by atoms with Crippen LogP contribution in [0.2, 0.25) is 0 Å². The number of aryl methyl sites for hydroxylation is 1. The number of ketones is 1. The summed E-state index contributed by atoms with van der Waals surface area (Å²) in [6, 6.07) is 8.70. The summed E-state index contributed by atoms with van der Waals surface area (Å²) in [5.74, 6) is 0.772. The molecule has 18 heavy (non-hydrogen) atoms. The summed E-state index contributed by atoms with van der Waals surface area (Å²) in [6.45, 7) is 7.25. The van der Waals surface area contributed by atoms with Crippen molar-refractivity contribution in [1.29, 1.82) is 0 Å². The quantitative estimate of drug-likeness (QED) is 0.812. The number of carbonyl (C=O) groups is 1. The van der Waals surface area contributed by atoms with Gasteiger partial charge >= 0.3 is 0 Å². The van der Waals surface area contributed by atoms with Gasteiger partial charge in [-0.05, 0) is 38.4 Å². The molecular weight excluding hydrogens is 222 g/mol. The van der Waals surface area contributed by atoms with Crippen LogP contribution in [0.15, 0.2) is 24.3 Å². The average molecular weight is 245 g/mol. The van der Waals surface area contributed by atoms with Gasteiger partial charge in [0.2, 0.25) is 0 Å². The van der Waals surface area contributed by atoms with Crippen LogP contribution in [0.4, 0.5) is 0 Å². The fourth-order valence-electron chi connectivity index (χ4n) is 2.77. The van der Waals surface area contributed by atoms with Crippen molar-refractivity contribution in [2.75, 3.05) is 13.1 Å². The number of carbonyl (C=O) groups excluding carboxylic acids is 1. The van der Waals surface area contributed by atoms with E-state index in [0.29, 0.717) is 18.1 Å². The lowest BCUT2D eigenvalue weighted by Gasteiger charge is -2.31. The average Bonchev–Trinajstić information content (AvgIpc) is 2.39. The highest BCUT2D eigenvalue weighted by atomic mass is 16.1. The zero-order chi connectivity index (χ0) is 13.0. The molecule has 1 aliphatic heterocycles. The Morgan fingerprint density at radius 2 is 2.06 bits per heavy atom. The minimum absolute atomic E-state index is 0.323. The second-order valence-corrected chi connectivity index (χ2v) is 5.36. The van der Waals surface area contributed by atoms with E-state index in [2.05, 4.69) is 36.1 Å². The molecule has 98 valence electrons. The molecule has 0 aromatic heterocycles. The highest BCUT2D eigenvalue weighted by Gasteiger charge is 2.23. The molecule has 1 aromatic carbocycles. The van der Waals surface area contributed by atoms with Gasteiger partial charge in [0.25, 0.3) is 0 Å². The standard InChI is InChI=1S/C16H23NO/c1-3-16(18)15-7-9-17(10-8-15)12-14-6-4-5-13(2)11-14/h4-6,11,15H,3,7-10,12H2,1-2H3. The molecule has 0 atom stereocenters. The second-order valence-electron chi connectivity index (χ2n) is 5.36. The van der Waals surface area contributed by atoms with Crippen LogP contribution >= 0.6 is 0 Å². The van der Waals surface area contributed by atoms with Gasteiger partial charge < -0.3 is 0 Å². The molecule has 1 aromatic rings. The van der Waals surface area contributed by atoms with E-state index in [9.17, 15) is 4.79 Å². The molecule has 0 saturated carbocycles. The molecule has 1 heterocycles. The van der Waals surface area contributed by atoms with Crippen molar-refractivity contribution in [3.05, 3.63) is 35.4 Å². The number of benzene rings is 1. The molecule has 2 rings (SSSR count). The number of nitrogens with zero attached hydrogens (tertiary/aromatic N) is 1. The zero-order valence-electron chi connectivity index (χ0n) is 11.5. The number of hydrogen-bond donors (Lipinski definition) is 0. The van der Waals surface area contributed by atoms with Gasteiger partial charge in [-0.3, -0.25) is 9.69 Å². The van der Waals surface area contributed by atoms with Crippen LogP contribution in [0.1, 0.15) is 37.3 Å². The Morgan fingerprint density at radius 3 is 2.67 bits per heavy atom. The first-order valence-electron chi connectivity index (χ1n) is 6.99. The Bertz CT molecular complexity index is 405. The number of Topliss-reactive ketones (excluding diaryl/α,β-unsaturated/α-hetero) is 1. The largest absolute Gasteiger partial charge is 0.299 e. The van der Waals surface area contributed by atoms with E-state index >= 15 is 0 Å². The van der Waals surface area contributed by atoms with Crippen LogP contribution < -0.4 is 0 Å². The zero-order valence-corrected chi connectivity index (χ0v) is 11.5. The lowest BCUT2D eigenvalue weighted by atomic mass is 9.91. The van der Waals surface area contributed by atoms with E-state index < -0.39 is 0 Å². The van der Waals surface area contributed by atoms with Crippen LogP contribution in [-0.2, 0) is 11.3 Å². The van der Waals surface area contributed by atoms with Crippen LogP contribution in [0.5, 0.6) is 0 Å². The Morgan fingerprint density at radius 1 is 1.33 bits per heavy atom. The first-order valence-corrected chi connectivity index (χ1v) is 6.99. The topological polar surface area (TPSA) is 20.3 Å². The summed E-state index contributed by atoms with van der Waals surface area (Å²) in [4.78, 5) is 14.1. The fourth-order valence-corrected chi connectivity index (χ4v) is 2.77. The van der Waals surface area contributed by atoms with E-state index in [1.807, 2.05) is 6.92 Å². The first kappa shape index (κ1) is 13.3. The van der Waals surface area contributed by atoms with Crippen molar-refractivity contribution < 1.29 is 4.79 Å². The summed E-state index contributed by atoms with van der Waals surface area (Å²) < 4.78 is 0. The third kappa shape index (κ3) is 3.42. The van der Waals surface area contributed by atoms with E-state index in [1.165, 1.54) is 11.1 Å². The Hall–Kier alpha value is -1.15. The maximum absolute atomic E-state index is 11.7. The smallest absolute Gasteiger partial charge is 0.135 e. The maximum Gasteiger partial charge on any atom is 0.135 e. The maximum atomic E-state index is 11.7. The molecule has 0 aliphatic carbocycles. The van der Waals surface area contributed by atoms with Crippen molar-refractivity contribution in [3.8, 4) is 0 Å². The van der Waals surface area contributed by atoms with Crippen LogP contribution in [0.3, 0.4) is 0 Å². The number of hydrogen-bond acceptors (Lipinski definition) is 2. The molecule has 2 heteroatoms. The molecule has 0 bridgehead atoms. The molecule has 0 radical (unpaired) electrons. The van der Waals surface area contributed by atoms with Crippen LogP contribution in [0, 0.1) is 12.8 Å². The SMILES string of the molecule is CCC(=O)C1CCN(Cc2cccc(C)c2)CC1. The van der Waals surface area contributed by atoms with E-state index in [0.717, 1.165) is 32.5 Å². The fraction of sp³-hybridized carbons (Fsp3) is 0.562. The summed E-state index contributed by atoms with van der Waals surface area (Å²) in [7, 11) is 0. The second kappa shape index (κ2) is 6.14. The number of piperidine rings is 1. The lowest BCUT2D eigenvalue weighted by Crippen LogP contribution is -2.35. The van der Waals surface area contributed by atoms with Crippen molar-refractivity contribution in [1.82, 2.24) is 4.90 Å². The van der Waals surface area contributed by atoms with Crippen molar-refractivity contribution in [3.63, 3.8) is 0 Å². The monoisotopic (exact) mass is 245 g/mol. The molecule has 1 fully saturated rings. The third-order valence-corrected chi connectivity index (χ3v) is 3.88. The van der Waals surface area contributed by atoms with Crippen molar-refractivity contribution in [2.24, 2.45) is 5.92 Å². The molecule has 0 unspecified atom stereocenters. The normalized spacial score (nSPS) is 17.9. The number of likely N-dealkylation sites (tertiary alicyclic amines) is 1. The Kier molecular flexibility index (Phi) is 4.54. The Labute approximate surface area is 110 Å². The van der Waals surface area contributed by atoms with Crippen molar-refractivity contribution >= 4 is 5.78 Å². The first-order chi connectivity index (χ1) is 8.69. The minimum atomic E-state index is 0.323. The highest BCUT2D eigenvalue weighted by Crippen LogP contribution is 2.21. The summed E-state index contributed by atoms with van der Waals surface area (Å²) in [6.07, 6.45) is 2.78. The molecule has 2 nitrogen and oxygen atoms in total. The summed E-state index contributed by atoms with van der Waals surface area (Å²) in [5.41, 5.74) is 2.71. The van der Waals surface area contributed by atoms with Gasteiger partial charge in [-0.1, -0.05) is 36.8 Å². The van der Waals surface area contributed by atoms with Gasteiger partial charge in [0.15, 0.2) is 0 Å². The highest BCUT2D eigenvalue weighted by molar-refractivity contribution is 5.80. The van der Waals surface area contributed by atoms with Gasteiger partial charge in [-0.25, -0.2) is 0 Å². The Balaban J connectivity index is 1.85. The van der Waals surface area contributed by atoms with Gasteiger partial charge in [-0.15, -0.1) is 0 Å². The lowest BCUT2D eigenvalue weighted by molar-refractivity contribution is -0.124. The van der Waals surface area contributed by atoms with E-state index in [-0.39, 0.29) is 0 Å².